The third-order valence-corrected chi connectivity index (χ3v) is 9.04. The fourth-order valence-electron chi connectivity index (χ4n) is 3.82. The van der Waals surface area contributed by atoms with E-state index in [0.717, 1.165) is 0 Å². The Morgan fingerprint density at radius 2 is 1.76 bits per heavy atom. The lowest BCUT2D eigenvalue weighted by Gasteiger charge is -2.24. The number of anilines is 2. The highest BCUT2D eigenvalue weighted by Crippen LogP contribution is 2.39. The molecule has 2 aliphatic heterocycles. The van der Waals surface area contributed by atoms with Crippen LogP contribution in [-0.2, 0) is 24.7 Å². The first-order chi connectivity index (χ1) is 13.6. The summed E-state index contributed by atoms with van der Waals surface area (Å²) in [6.45, 7) is 0. The summed E-state index contributed by atoms with van der Waals surface area (Å²) in [5.41, 5.74) is 0.485. The molecule has 2 aromatic rings. The van der Waals surface area contributed by atoms with Gasteiger partial charge >= 0.3 is 0 Å². The largest absolute Gasteiger partial charge is 0.308 e. The van der Waals surface area contributed by atoms with Crippen LogP contribution < -0.4 is 9.62 Å². The molecule has 0 unspecified atom stereocenters. The number of carbonyl (C=O) groups is 1. The third kappa shape index (κ3) is 3.84. The summed E-state index contributed by atoms with van der Waals surface area (Å²) in [6, 6.07) is 10.0. The van der Waals surface area contributed by atoms with E-state index in [1.807, 2.05) is 0 Å². The SMILES string of the molecule is O=C1C[C@H]2CS(=O)(=O)C[C@@H]2N1c1ccc(Cl)c(S(=O)(=O)Nc2ccccc2Cl)c1. The molecule has 2 saturated heterocycles. The van der Waals surface area contributed by atoms with E-state index in [9.17, 15) is 21.6 Å². The van der Waals surface area contributed by atoms with Crippen LogP contribution in [0.4, 0.5) is 11.4 Å². The van der Waals surface area contributed by atoms with E-state index in [-0.39, 0.29) is 50.4 Å². The van der Waals surface area contributed by atoms with Gasteiger partial charge in [0.1, 0.15) is 4.90 Å². The van der Waals surface area contributed by atoms with E-state index >= 15 is 0 Å². The Bertz CT molecular complexity index is 1210. The molecule has 2 fully saturated rings. The van der Waals surface area contributed by atoms with Crippen LogP contribution in [-0.4, -0.2) is 40.3 Å². The van der Waals surface area contributed by atoms with Crippen molar-refractivity contribution in [2.45, 2.75) is 17.4 Å². The van der Waals surface area contributed by atoms with Gasteiger partial charge in [-0.25, -0.2) is 16.8 Å². The molecule has 0 radical (unpaired) electrons. The molecule has 7 nitrogen and oxygen atoms in total. The maximum absolute atomic E-state index is 12.9. The van der Waals surface area contributed by atoms with E-state index in [0.29, 0.717) is 5.69 Å². The molecule has 11 heteroatoms. The molecule has 2 aromatic carbocycles. The molecule has 0 saturated carbocycles. The average Bonchev–Trinajstić information content (AvgIpc) is 3.07. The predicted octanol–water partition coefficient (Wildman–Crippen LogP) is 2.94. The van der Waals surface area contributed by atoms with Crippen molar-refractivity contribution >= 4 is 60.3 Å². The van der Waals surface area contributed by atoms with Crippen molar-refractivity contribution < 1.29 is 21.6 Å². The Morgan fingerprint density at radius 3 is 2.48 bits per heavy atom. The first kappa shape index (κ1) is 20.5. The topological polar surface area (TPSA) is 101 Å². The minimum absolute atomic E-state index is 0.0319. The zero-order chi connectivity index (χ0) is 21.0. The summed E-state index contributed by atoms with van der Waals surface area (Å²) in [7, 11) is -7.33. The summed E-state index contributed by atoms with van der Waals surface area (Å²) >= 11 is 12.2. The van der Waals surface area contributed by atoms with Crippen LogP contribution in [0.2, 0.25) is 10.0 Å². The van der Waals surface area contributed by atoms with Gasteiger partial charge in [-0.3, -0.25) is 9.52 Å². The van der Waals surface area contributed by atoms with E-state index in [1.54, 1.807) is 18.2 Å². The molecule has 0 spiro atoms. The number of para-hydroxylation sites is 1. The maximum atomic E-state index is 12.9. The van der Waals surface area contributed by atoms with Crippen LogP contribution in [0.15, 0.2) is 47.4 Å². The lowest BCUT2D eigenvalue weighted by molar-refractivity contribution is -0.117. The van der Waals surface area contributed by atoms with Crippen molar-refractivity contribution in [2.24, 2.45) is 5.92 Å². The van der Waals surface area contributed by atoms with Gasteiger partial charge in [-0.05, 0) is 30.3 Å². The van der Waals surface area contributed by atoms with Crippen LogP contribution >= 0.6 is 23.2 Å². The number of nitrogens with zero attached hydrogens (tertiary/aromatic N) is 1. The van der Waals surface area contributed by atoms with Crippen molar-refractivity contribution in [3.05, 3.63) is 52.5 Å². The highest BCUT2D eigenvalue weighted by atomic mass is 35.5. The number of hydrogen-bond acceptors (Lipinski definition) is 5. The molecule has 0 aliphatic carbocycles. The molecule has 1 amide bonds. The molecule has 2 heterocycles. The van der Waals surface area contributed by atoms with Crippen LogP contribution in [0.25, 0.3) is 0 Å². The normalized spacial score (nSPS) is 23.2. The fourth-order valence-corrected chi connectivity index (χ4v) is 7.73. The van der Waals surface area contributed by atoms with Gasteiger partial charge < -0.3 is 4.90 Å². The number of carbonyl (C=O) groups excluding carboxylic acids is 1. The quantitative estimate of drug-likeness (QED) is 0.733. The van der Waals surface area contributed by atoms with Crippen LogP contribution in [0.3, 0.4) is 0 Å². The predicted molar refractivity (Wildman–Crippen MR) is 112 cm³/mol. The number of halogens is 2. The maximum Gasteiger partial charge on any atom is 0.263 e. The second-order valence-corrected chi connectivity index (χ2v) is 11.7. The number of rotatable bonds is 4. The van der Waals surface area contributed by atoms with Gasteiger partial charge in [0.05, 0.1) is 33.3 Å². The molecule has 0 aromatic heterocycles. The van der Waals surface area contributed by atoms with Crippen molar-refractivity contribution in [3.63, 3.8) is 0 Å². The first-order valence-electron chi connectivity index (χ1n) is 8.67. The number of sulfonamides is 1. The van der Waals surface area contributed by atoms with Gasteiger partial charge in [0.2, 0.25) is 5.91 Å². The minimum Gasteiger partial charge on any atom is -0.308 e. The Balaban J connectivity index is 1.71. The van der Waals surface area contributed by atoms with Crippen molar-refractivity contribution in [3.8, 4) is 0 Å². The molecule has 29 heavy (non-hydrogen) atoms. The Kier molecular flexibility index (Phi) is 5.05. The van der Waals surface area contributed by atoms with Crippen molar-refractivity contribution in [2.75, 3.05) is 21.1 Å². The first-order valence-corrected chi connectivity index (χ1v) is 12.7. The molecule has 1 N–H and O–H groups in total. The standard InChI is InChI=1S/C18H16Cl2N2O5S2/c19-13-3-1-2-4-15(13)21-29(26,27)17-8-12(5-6-14(17)20)22-16-10-28(24,25)9-11(16)7-18(22)23/h1-6,8,11,16,21H,7,9-10H2/t11-,16-/m0/s1. The number of fused-ring (bicyclic) bond motifs is 1. The van der Waals surface area contributed by atoms with Crippen molar-refractivity contribution in [1.29, 1.82) is 0 Å². The van der Waals surface area contributed by atoms with E-state index in [4.69, 9.17) is 23.2 Å². The van der Waals surface area contributed by atoms with Crippen LogP contribution in [0.5, 0.6) is 0 Å². The van der Waals surface area contributed by atoms with E-state index in [2.05, 4.69) is 4.72 Å². The summed E-state index contributed by atoms with van der Waals surface area (Å²) in [5, 5.41) is 0.188. The highest BCUT2D eigenvalue weighted by Gasteiger charge is 2.49. The highest BCUT2D eigenvalue weighted by molar-refractivity contribution is 7.93. The monoisotopic (exact) mass is 474 g/mol. The van der Waals surface area contributed by atoms with Gasteiger partial charge in [-0.1, -0.05) is 35.3 Å². The second-order valence-electron chi connectivity index (χ2n) is 7.07. The number of hydrogen-bond donors (Lipinski definition) is 1. The van der Waals surface area contributed by atoms with Gasteiger partial charge in [0, 0.05) is 18.0 Å². The van der Waals surface area contributed by atoms with Gasteiger partial charge in [-0.2, -0.15) is 0 Å². The van der Waals surface area contributed by atoms with Crippen molar-refractivity contribution in [1.82, 2.24) is 0 Å². The molecule has 0 bridgehead atoms. The molecule has 4 rings (SSSR count). The van der Waals surface area contributed by atoms with Gasteiger partial charge in [-0.15, -0.1) is 0 Å². The second kappa shape index (κ2) is 7.16. The molecular formula is C18H16Cl2N2O5S2. The van der Waals surface area contributed by atoms with Crippen LogP contribution in [0, 0.1) is 5.92 Å². The molecule has 154 valence electrons. The summed E-state index contributed by atoms with van der Waals surface area (Å²) in [6.07, 6.45) is 0.118. The summed E-state index contributed by atoms with van der Waals surface area (Å²) < 4.78 is 52.1. The van der Waals surface area contributed by atoms with Gasteiger partial charge in [0.25, 0.3) is 10.0 Å². The zero-order valence-electron chi connectivity index (χ0n) is 14.9. The molecule has 2 aliphatic rings. The number of sulfone groups is 1. The van der Waals surface area contributed by atoms with E-state index < -0.39 is 25.9 Å². The molecule has 2 atom stereocenters. The lowest BCUT2D eigenvalue weighted by Crippen LogP contribution is -2.36. The summed E-state index contributed by atoms with van der Waals surface area (Å²) in [4.78, 5) is 13.6. The number of nitrogens with one attached hydrogen (secondary N) is 1. The third-order valence-electron chi connectivity index (χ3n) is 5.07. The smallest absolute Gasteiger partial charge is 0.263 e. The minimum atomic E-state index is -4.10. The number of amides is 1. The Hall–Kier alpha value is -1.81. The van der Waals surface area contributed by atoms with Gasteiger partial charge in [0.15, 0.2) is 9.84 Å². The van der Waals surface area contributed by atoms with Crippen LogP contribution in [0.1, 0.15) is 6.42 Å². The Morgan fingerprint density at radius 1 is 1.03 bits per heavy atom. The lowest BCUT2D eigenvalue weighted by atomic mass is 10.1. The fraction of sp³-hybridized carbons (Fsp3) is 0.278. The number of benzene rings is 2. The zero-order valence-corrected chi connectivity index (χ0v) is 18.0. The average molecular weight is 475 g/mol. The Labute approximate surface area is 178 Å². The van der Waals surface area contributed by atoms with E-state index in [1.165, 1.54) is 29.2 Å². The summed E-state index contributed by atoms with van der Waals surface area (Å²) in [5.74, 6) is -0.692. The molecular weight excluding hydrogens is 459 g/mol.